The number of aliphatic hydroxyl groups is 1. The summed E-state index contributed by atoms with van der Waals surface area (Å²) in [5.74, 6) is -0.776. The molecule has 1 aliphatic heterocycles. The summed E-state index contributed by atoms with van der Waals surface area (Å²) in [5, 5.41) is 10.3. The van der Waals surface area contributed by atoms with Gasteiger partial charge in [0.25, 0.3) is 0 Å². The molecule has 3 fully saturated rings. The third kappa shape index (κ3) is 4.76. The van der Waals surface area contributed by atoms with Crippen LogP contribution in [0, 0.1) is 30.5 Å². The highest BCUT2D eigenvalue weighted by Gasteiger charge is 2.70. The van der Waals surface area contributed by atoms with Crippen molar-refractivity contribution in [3.63, 3.8) is 0 Å². The lowest BCUT2D eigenvalue weighted by Crippen LogP contribution is -2.43. The smallest absolute Gasteiger partial charge is 0.425 e. The molecule has 2 aromatic rings. The number of ether oxygens (including phenoxy) is 3. The van der Waals surface area contributed by atoms with Crippen molar-refractivity contribution >= 4 is 0 Å². The summed E-state index contributed by atoms with van der Waals surface area (Å²) >= 11 is 0. The SMILES string of the molecule is C=C1C=C2C(=CC1OCc1cc(-c3ccc(OCC(C)(F)C(F)(F)F)nc3C)ccc1F)CC1C2C1C1(O)CO1. The van der Waals surface area contributed by atoms with Crippen molar-refractivity contribution in [2.24, 2.45) is 17.8 Å². The third-order valence-corrected chi connectivity index (χ3v) is 8.29. The van der Waals surface area contributed by atoms with Crippen LogP contribution in [0.5, 0.6) is 5.88 Å². The van der Waals surface area contributed by atoms with E-state index in [2.05, 4.69) is 11.6 Å². The number of alkyl halides is 4. The number of benzene rings is 1. The van der Waals surface area contributed by atoms with Crippen LogP contribution in [0.25, 0.3) is 11.1 Å². The second-order valence-corrected chi connectivity index (χ2v) is 11.2. The molecular weight excluding hydrogens is 533 g/mol. The lowest BCUT2D eigenvalue weighted by atomic mass is 9.89. The first-order valence-electron chi connectivity index (χ1n) is 13.0. The lowest BCUT2D eigenvalue weighted by Gasteiger charge is -2.24. The number of hydrogen-bond donors (Lipinski definition) is 1. The van der Waals surface area contributed by atoms with Gasteiger partial charge in [0.05, 0.1) is 6.61 Å². The van der Waals surface area contributed by atoms with Gasteiger partial charge in [0.1, 0.15) is 25.1 Å². The van der Waals surface area contributed by atoms with Gasteiger partial charge in [0, 0.05) is 28.8 Å². The normalized spacial score (nSPS) is 30.1. The number of fused-ring (bicyclic) bond motifs is 3. The zero-order valence-corrected chi connectivity index (χ0v) is 21.9. The van der Waals surface area contributed by atoms with Crippen LogP contribution in [-0.2, 0) is 16.1 Å². The maximum Gasteiger partial charge on any atom is 0.425 e. The second-order valence-electron chi connectivity index (χ2n) is 11.2. The Kier molecular flexibility index (Phi) is 6.25. The number of rotatable bonds is 8. The molecule has 0 bridgehead atoms. The third-order valence-electron chi connectivity index (χ3n) is 8.29. The lowest BCUT2D eigenvalue weighted by molar-refractivity contribution is -0.231. The number of aromatic nitrogens is 1. The van der Waals surface area contributed by atoms with Gasteiger partial charge in [0.2, 0.25) is 11.5 Å². The van der Waals surface area contributed by atoms with Crippen molar-refractivity contribution in [2.75, 3.05) is 13.2 Å². The summed E-state index contributed by atoms with van der Waals surface area (Å²) in [6, 6.07) is 7.45. The Balaban J connectivity index is 1.11. The van der Waals surface area contributed by atoms with Crippen LogP contribution in [0.3, 0.4) is 0 Å². The van der Waals surface area contributed by atoms with Crippen molar-refractivity contribution in [1.29, 1.82) is 0 Å². The number of nitrogens with zero attached hydrogens (tertiary/aromatic N) is 1. The molecule has 6 atom stereocenters. The van der Waals surface area contributed by atoms with Crippen molar-refractivity contribution in [3.05, 3.63) is 82.9 Å². The molecule has 1 aromatic heterocycles. The first kappa shape index (κ1) is 27.1. The first-order valence-corrected chi connectivity index (χ1v) is 13.0. The number of aryl methyl sites for hydroxylation is 1. The molecule has 4 aliphatic rings. The molecule has 40 heavy (non-hydrogen) atoms. The monoisotopic (exact) mass is 561 g/mol. The van der Waals surface area contributed by atoms with Gasteiger partial charge < -0.3 is 19.3 Å². The van der Waals surface area contributed by atoms with E-state index in [0.29, 0.717) is 41.8 Å². The summed E-state index contributed by atoms with van der Waals surface area (Å²) in [7, 11) is 0. The average Bonchev–Trinajstić information content (AvgIpc) is 3.77. The molecule has 212 valence electrons. The Labute approximate surface area is 228 Å². The molecule has 5 nitrogen and oxygen atoms in total. The van der Waals surface area contributed by atoms with Gasteiger partial charge in [-0.05, 0) is 78.7 Å². The largest absolute Gasteiger partial charge is 0.474 e. The van der Waals surface area contributed by atoms with E-state index in [0.717, 1.165) is 12.0 Å². The van der Waals surface area contributed by atoms with Crippen molar-refractivity contribution in [1.82, 2.24) is 4.98 Å². The van der Waals surface area contributed by atoms with Gasteiger partial charge in [0.15, 0.2) is 5.79 Å². The van der Waals surface area contributed by atoms with Crippen LogP contribution >= 0.6 is 0 Å². The Morgan fingerprint density at radius 1 is 1.20 bits per heavy atom. The minimum atomic E-state index is -5.07. The van der Waals surface area contributed by atoms with Crippen molar-refractivity contribution in [3.8, 4) is 17.0 Å². The molecule has 0 radical (unpaired) electrons. The molecule has 10 heteroatoms. The van der Waals surface area contributed by atoms with E-state index in [-0.39, 0.29) is 24.3 Å². The fourth-order valence-electron chi connectivity index (χ4n) is 5.85. The van der Waals surface area contributed by atoms with Crippen LogP contribution in [0.1, 0.15) is 24.6 Å². The molecule has 2 saturated carbocycles. The maximum absolute atomic E-state index is 14.7. The van der Waals surface area contributed by atoms with E-state index in [1.165, 1.54) is 23.3 Å². The summed E-state index contributed by atoms with van der Waals surface area (Å²) in [6.07, 6.45) is -0.591. The minimum Gasteiger partial charge on any atom is -0.474 e. The van der Waals surface area contributed by atoms with Gasteiger partial charge in [-0.25, -0.2) is 13.8 Å². The highest BCUT2D eigenvalue weighted by Crippen LogP contribution is 2.69. The number of epoxide rings is 1. The fraction of sp³-hybridized carbons (Fsp3) is 0.433. The maximum atomic E-state index is 14.7. The zero-order valence-electron chi connectivity index (χ0n) is 21.9. The van der Waals surface area contributed by atoms with Gasteiger partial charge in [-0.2, -0.15) is 13.2 Å². The molecule has 1 saturated heterocycles. The molecular formula is C30H28F5NO4. The number of pyridine rings is 1. The summed E-state index contributed by atoms with van der Waals surface area (Å²) in [5.41, 5.74) is 1.59. The van der Waals surface area contributed by atoms with Crippen LogP contribution in [-0.4, -0.2) is 47.0 Å². The molecule has 1 N–H and O–H groups in total. The van der Waals surface area contributed by atoms with Gasteiger partial charge in [-0.15, -0.1) is 0 Å². The van der Waals surface area contributed by atoms with Crippen LogP contribution in [0.4, 0.5) is 22.0 Å². The van der Waals surface area contributed by atoms with E-state index in [1.54, 1.807) is 25.1 Å². The Hall–Kier alpha value is -3.08. The fourth-order valence-corrected chi connectivity index (χ4v) is 5.85. The zero-order chi connectivity index (χ0) is 28.6. The Bertz CT molecular complexity index is 1440. The Morgan fingerprint density at radius 2 is 1.95 bits per heavy atom. The summed E-state index contributed by atoms with van der Waals surface area (Å²) in [4.78, 5) is 4.15. The van der Waals surface area contributed by atoms with E-state index < -0.39 is 36.2 Å². The quantitative estimate of drug-likeness (QED) is 0.309. The van der Waals surface area contributed by atoms with Gasteiger partial charge in [-0.1, -0.05) is 18.7 Å². The molecule has 6 unspecified atom stereocenters. The molecule has 2 heterocycles. The minimum absolute atomic E-state index is 0.0143. The highest BCUT2D eigenvalue weighted by atomic mass is 19.4. The van der Waals surface area contributed by atoms with Gasteiger partial charge >= 0.3 is 6.18 Å². The van der Waals surface area contributed by atoms with E-state index in [4.69, 9.17) is 14.2 Å². The first-order chi connectivity index (χ1) is 18.8. The standard InChI is InChI=1S/C30H28F5NO4/c1-15-8-21-18(10-22-26(21)27(22)29(37)14-40-29)11-24(15)38-12-19-9-17(4-6-23(19)31)20-5-7-25(36-16(20)2)39-13-28(3,32)30(33,34)35/h4-9,11,22,24,26-27,37H,1,10,12-14H2,2-3H3. The molecule has 6 rings (SSSR count). The Morgan fingerprint density at radius 3 is 2.62 bits per heavy atom. The topological polar surface area (TPSA) is 64.1 Å². The predicted octanol–water partition coefficient (Wildman–Crippen LogP) is 6.16. The number of allylic oxidation sites excluding steroid dienone is 2. The molecule has 3 aliphatic carbocycles. The van der Waals surface area contributed by atoms with Crippen LogP contribution in [0.15, 0.2) is 65.8 Å². The van der Waals surface area contributed by atoms with Gasteiger partial charge in [-0.3, -0.25) is 0 Å². The predicted molar refractivity (Wildman–Crippen MR) is 135 cm³/mol. The van der Waals surface area contributed by atoms with Crippen LogP contribution < -0.4 is 4.74 Å². The van der Waals surface area contributed by atoms with E-state index >= 15 is 0 Å². The number of hydrogen-bond acceptors (Lipinski definition) is 5. The molecule has 0 spiro atoms. The highest BCUT2D eigenvalue weighted by molar-refractivity contribution is 5.67. The summed E-state index contributed by atoms with van der Waals surface area (Å²) < 4.78 is 83.1. The van der Waals surface area contributed by atoms with Crippen molar-refractivity contribution in [2.45, 2.75) is 50.6 Å². The second kappa shape index (κ2) is 9.22. The number of halogens is 5. The van der Waals surface area contributed by atoms with E-state index in [9.17, 15) is 27.1 Å². The van der Waals surface area contributed by atoms with Crippen molar-refractivity contribution < 1.29 is 41.3 Å². The average molecular weight is 562 g/mol. The van der Waals surface area contributed by atoms with Crippen LogP contribution in [0.2, 0.25) is 0 Å². The molecule has 0 amide bonds. The summed E-state index contributed by atoms with van der Waals surface area (Å²) in [6.45, 7) is 5.33. The molecule has 1 aromatic carbocycles. The van der Waals surface area contributed by atoms with E-state index in [1.807, 2.05) is 12.2 Å².